The van der Waals surface area contributed by atoms with Gasteiger partial charge < -0.3 is 15.2 Å². The largest absolute Gasteiger partial charge is 0.493 e. The number of benzene rings is 1. The predicted molar refractivity (Wildman–Crippen MR) is 79.0 cm³/mol. The smallest absolute Gasteiger partial charge is 0.164 e. The van der Waals surface area contributed by atoms with E-state index in [0.717, 1.165) is 23.5 Å². The van der Waals surface area contributed by atoms with Gasteiger partial charge in [0.05, 0.1) is 7.11 Å². The summed E-state index contributed by atoms with van der Waals surface area (Å²) in [5, 5.41) is 4.13. The molecule has 0 aliphatic carbocycles. The molecule has 1 unspecified atom stereocenters. The molecule has 0 radical (unpaired) electrons. The molecule has 0 amide bonds. The van der Waals surface area contributed by atoms with E-state index < -0.39 is 0 Å². The van der Waals surface area contributed by atoms with Gasteiger partial charge in [-0.3, -0.25) is 0 Å². The van der Waals surface area contributed by atoms with E-state index in [1.165, 1.54) is 5.56 Å². The summed E-state index contributed by atoms with van der Waals surface area (Å²) in [4.78, 5) is 0. The second-order valence-corrected chi connectivity index (χ2v) is 5.33. The number of thiophene rings is 1. The molecular formula is C15H19NO2S. The van der Waals surface area contributed by atoms with Crippen molar-refractivity contribution in [3.63, 3.8) is 0 Å². The van der Waals surface area contributed by atoms with Crippen molar-refractivity contribution in [1.82, 2.24) is 0 Å². The van der Waals surface area contributed by atoms with E-state index in [1.807, 2.05) is 30.5 Å². The van der Waals surface area contributed by atoms with E-state index in [1.54, 1.807) is 18.4 Å². The zero-order chi connectivity index (χ0) is 13.7. The predicted octanol–water partition coefficient (Wildman–Crippen LogP) is 3.23. The Morgan fingerprint density at radius 3 is 2.79 bits per heavy atom. The Hall–Kier alpha value is -1.52. The molecule has 1 aromatic carbocycles. The Labute approximate surface area is 118 Å². The third-order valence-corrected chi connectivity index (χ3v) is 3.52. The molecule has 0 spiro atoms. The van der Waals surface area contributed by atoms with Crippen molar-refractivity contribution in [1.29, 1.82) is 0 Å². The van der Waals surface area contributed by atoms with Crippen LogP contribution in [0.4, 0.5) is 0 Å². The zero-order valence-corrected chi connectivity index (χ0v) is 12.1. The van der Waals surface area contributed by atoms with Crippen molar-refractivity contribution in [2.45, 2.75) is 26.0 Å². The Bertz CT molecular complexity index is 509. The van der Waals surface area contributed by atoms with Crippen molar-refractivity contribution in [3.8, 4) is 11.5 Å². The first-order valence-corrected chi connectivity index (χ1v) is 7.20. The second-order valence-electron chi connectivity index (χ2n) is 4.55. The van der Waals surface area contributed by atoms with E-state index in [0.29, 0.717) is 6.61 Å². The molecule has 0 aliphatic rings. The fraction of sp³-hybridized carbons (Fsp3) is 0.333. The maximum Gasteiger partial charge on any atom is 0.164 e. The summed E-state index contributed by atoms with van der Waals surface area (Å²) in [6.45, 7) is 2.54. The number of ether oxygens (including phenoxy) is 2. The van der Waals surface area contributed by atoms with E-state index in [9.17, 15) is 0 Å². The quantitative estimate of drug-likeness (QED) is 0.881. The van der Waals surface area contributed by atoms with Crippen LogP contribution in [-0.2, 0) is 13.0 Å². The third-order valence-electron chi connectivity index (χ3n) is 2.79. The summed E-state index contributed by atoms with van der Waals surface area (Å²) in [5.74, 6) is 1.56. The highest BCUT2D eigenvalue weighted by Crippen LogP contribution is 2.32. The first kappa shape index (κ1) is 13.9. The van der Waals surface area contributed by atoms with Crippen LogP contribution in [0.3, 0.4) is 0 Å². The van der Waals surface area contributed by atoms with Crippen LogP contribution in [0.2, 0.25) is 0 Å². The van der Waals surface area contributed by atoms with Crippen LogP contribution >= 0.6 is 11.3 Å². The fourth-order valence-electron chi connectivity index (χ4n) is 1.92. The molecule has 0 aliphatic heterocycles. The molecule has 1 heterocycles. The highest BCUT2D eigenvalue weighted by Gasteiger charge is 2.12. The van der Waals surface area contributed by atoms with Crippen LogP contribution in [0.5, 0.6) is 11.5 Å². The minimum absolute atomic E-state index is 0.0932. The van der Waals surface area contributed by atoms with Gasteiger partial charge in [-0.2, -0.15) is 11.3 Å². The summed E-state index contributed by atoms with van der Waals surface area (Å²) < 4.78 is 11.3. The number of rotatable bonds is 6. The zero-order valence-electron chi connectivity index (χ0n) is 11.3. The van der Waals surface area contributed by atoms with Crippen molar-refractivity contribution < 1.29 is 9.47 Å². The van der Waals surface area contributed by atoms with Gasteiger partial charge in [-0.05, 0) is 47.4 Å². The van der Waals surface area contributed by atoms with Crippen LogP contribution in [0, 0.1) is 0 Å². The molecule has 2 N–H and O–H groups in total. The normalized spacial score (nSPS) is 12.2. The van der Waals surface area contributed by atoms with E-state index in [2.05, 4.69) is 11.4 Å². The van der Waals surface area contributed by atoms with Gasteiger partial charge in [0.15, 0.2) is 11.5 Å². The van der Waals surface area contributed by atoms with E-state index >= 15 is 0 Å². The van der Waals surface area contributed by atoms with Gasteiger partial charge in [0.1, 0.15) is 6.61 Å². The molecule has 0 bridgehead atoms. The van der Waals surface area contributed by atoms with Crippen LogP contribution < -0.4 is 15.2 Å². The Morgan fingerprint density at radius 2 is 2.16 bits per heavy atom. The lowest BCUT2D eigenvalue weighted by Crippen LogP contribution is -2.18. The lowest BCUT2D eigenvalue weighted by molar-refractivity contribution is 0.281. The van der Waals surface area contributed by atoms with Gasteiger partial charge in [-0.25, -0.2) is 0 Å². The van der Waals surface area contributed by atoms with Gasteiger partial charge >= 0.3 is 0 Å². The van der Waals surface area contributed by atoms with Crippen LogP contribution in [0.25, 0.3) is 0 Å². The standard InChI is InChI=1S/C15H19NO2S/c1-11(16)8-13-4-3-5-14(17-2)15(13)18-9-12-6-7-19-10-12/h3-7,10-11H,8-9,16H2,1-2H3. The Morgan fingerprint density at radius 1 is 1.32 bits per heavy atom. The molecule has 2 aromatic rings. The topological polar surface area (TPSA) is 44.5 Å². The SMILES string of the molecule is COc1cccc(CC(C)N)c1OCc1ccsc1. The number of nitrogens with two attached hydrogens (primary N) is 1. The molecule has 1 aromatic heterocycles. The fourth-order valence-corrected chi connectivity index (χ4v) is 2.58. The van der Waals surface area contributed by atoms with Crippen molar-refractivity contribution in [2.75, 3.05) is 7.11 Å². The molecule has 3 nitrogen and oxygen atoms in total. The van der Waals surface area contributed by atoms with E-state index in [4.69, 9.17) is 15.2 Å². The van der Waals surface area contributed by atoms with Crippen molar-refractivity contribution in [2.24, 2.45) is 5.73 Å². The average Bonchev–Trinajstić information content (AvgIpc) is 2.89. The molecule has 1 atom stereocenters. The maximum atomic E-state index is 5.93. The third kappa shape index (κ3) is 3.72. The van der Waals surface area contributed by atoms with Gasteiger partial charge in [0.25, 0.3) is 0 Å². The van der Waals surface area contributed by atoms with E-state index in [-0.39, 0.29) is 6.04 Å². The van der Waals surface area contributed by atoms with Gasteiger partial charge in [-0.1, -0.05) is 12.1 Å². The number of methoxy groups -OCH3 is 1. The summed E-state index contributed by atoms with van der Waals surface area (Å²) in [7, 11) is 1.66. The minimum atomic E-state index is 0.0932. The Balaban J connectivity index is 2.19. The van der Waals surface area contributed by atoms with Gasteiger partial charge in [-0.15, -0.1) is 0 Å². The first-order valence-electron chi connectivity index (χ1n) is 6.26. The van der Waals surface area contributed by atoms with Gasteiger partial charge in [0.2, 0.25) is 0 Å². The average molecular weight is 277 g/mol. The highest BCUT2D eigenvalue weighted by atomic mass is 32.1. The first-order chi connectivity index (χ1) is 9.20. The van der Waals surface area contributed by atoms with Crippen LogP contribution in [0.1, 0.15) is 18.1 Å². The molecule has 4 heteroatoms. The Kier molecular flexibility index (Phi) is 4.82. The summed E-state index contributed by atoms with van der Waals surface area (Å²) in [5.41, 5.74) is 8.14. The van der Waals surface area contributed by atoms with Crippen LogP contribution in [0.15, 0.2) is 35.0 Å². The molecular weight excluding hydrogens is 258 g/mol. The van der Waals surface area contributed by atoms with Crippen molar-refractivity contribution >= 4 is 11.3 Å². The summed E-state index contributed by atoms with van der Waals surface area (Å²) in [6, 6.07) is 8.07. The summed E-state index contributed by atoms with van der Waals surface area (Å²) in [6.07, 6.45) is 0.774. The highest BCUT2D eigenvalue weighted by molar-refractivity contribution is 7.07. The van der Waals surface area contributed by atoms with Gasteiger partial charge in [0, 0.05) is 6.04 Å². The van der Waals surface area contributed by atoms with Crippen LogP contribution in [-0.4, -0.2) is 13.2 Å². The lowest BCUT2D eigenvalue weighted by Gasteiger charge is -2.16. The molecule has 0 saturated heterocycles. The molecule has 19 heavy (non-hydrogen) atoms. The number of para-hydroxylation sites is 1. The molecule has 0 saturated carbocycles. The monoisotopic (exact) mass is 277 g/mol. The summed E-state index contributed by atoms with van der Waals surface area (Å²) >= 11 is 1.67. The number of hydrogen-bond acceptors (Lipinski definition) is 4. The molecule has 102 valence electrons. The lowest BCUT2D eigenvalue weighted by atomic mass is 10.1. The second kappa shape index (κ2) is 6.59. The molecule has 2 rings (SSSR count). The minimum Gasteiger partial charge on any atom is -0.493 e. The molecule has 0 fully saturated rings. The van der Waals surface area contributed by atoms with Crippen molar-refractivity contribution in [3.05, 3.63) is 46.2 Å². The number of hydrogen-bond donors (Lipinski definition) is 1. The maximum absolute atomic E-state index is 5.93.